The summed E-state index contributed by atoms with van der Waals surface area (Å²) in [6.07, 6.45) is 1.28. The highest BCUT2D eigenvalue weighted by molar-refractivity contribution is 5.73. The number of nitrogens with zero attached hydrogens (tertiary/aromatic N) is 5. The first-order valence-electron chi connectivity index (χ1n) is 12.2. The second-order valence-corrected chi connectivity index (χ2v) is 8.96. The van der Waals surface area contributed by atoms with Crippen molar-refractivity contribution in [3.63, 3.8) is 0 Å². The second kappa shape index (κ2) is 17.6. The average molecular weight is 530 g/mol. The zero-order valence-electron chi connectivity index (χ0n) is 21.0. The molecule has 0 spiro atoms. The molecule has 0 unspecified atom stereocenters. The van der Waals surface area contributed by atoms with Gasteiger partial charge in [0.15, 0.2) is 0 Å². The molecule has 0 amide bonds. The first kappa shape index (κ1) is 32.2. The van der Waals surface area contributed by atoms with Gasteiger partial charge in [0.2, 0.25) is 0 Å². The van der Waals surface area contributed by atoms with Crippen molar-refractivity contribution in [1.82, 2.24) is 19.6 Å². The molecule has 0 aliphatic carbocycles. The Labute approximate surface area is 215 Å². The molecule has 37 heavy (non-hydrogen) atoms. The molecule has 0 aromatic carbocycles. The largest absolute Gasteiger partial charge is 0.861 e. The van der Waals surface area contributed by atoms with Crippen LogP contribution in [0.5, 0.6) is 0 Å². The van der Waals surface area contributed by atoms with E-state index < -0.39 is 35.8 Å². The molecular weight excluding hydrogens is 492 g/mol. The zero-order chi connectivity index (χ0) is 27.8. The smallest absolute Gasteiger partial charge is 0.320 e. The molecule has 0 bridgehead atoms. The van der Waals surface area contributed by atoms with Gasteiger partial charge in [-0.15, -0.1) is 0 Å². The summed E-state index contributed by atoms with van der Waals surface area (Å²) in [4.78, 5) is 54.9. The van der Waals surface area contributed by atoms with Gasteiger partial charge >= 0.3 is 11.9 Å². The molecule has 15 heteroatoms. The number of carbonyl (C=O) groups excluding carboxylic acids is 2. The van der Waals surface area contributed by atoms with Gasteiger partial charge in [-0.2, -0.15) is 0 Å². The van der Waals surface area contributed by atoms with Gasteiger partial charge in [0.05, 0.1) is 18.5 Å². The molecule has 0 aromatic rings. The van der Waals surface area contributed by atoms with Gasteiger partial charge in [-0.3, -0.25) is 29.2 Å². The summed E-state index contributed by atoms with van der Waals surface area (Å²) in [5.41, 5.74) is 5.44. The predicted octanol–water partition coefficient (Wildman–Crippen LogP) is -5.87. The minimum absolute atomic E-state index is 0.0574. The van der Waals surface area contributed by atoms with Crippen molar-refractivity contribution in [2.45, 2.75) is 25.3 Å². The molecule has 1 aliphatic heterocycles. The number of carboxylic acid groups (broad SMARTS) is 4. The standard InChI is InChI=1S/C22H40N6O9/c23-17(22(36)37)3-1-2-4-24-18(29)13-25-5-7-26(14-19(30)31)9-11-28(16-21(34)35)12-10-27(8-6-25)15-20(32)33/h17H,1-16,23H2,(H,24,29)(H,30,31)(H,32,33)(H,34,35)(H,36,37)/p-3/t17-/m0/s1. The van der Waals surface area contributed by atoms with E-state index in [2.05, 4.69) is 4.99 Å². The second-order valence-electron chi connectivity index (χ2n) is 8.96. The summed E-state index contributed by atoms with van der Waals surface area (Å²) in [5.74, 6) is -5.10. The van der Waals surface area contributed by atoms with Crippen LogP contribution in [0.25, 0.3) is 0 Å². The third-order valence-electron chi connectivity index (χ3n) is 5.88. The molecular formula is C22H37N6O9-3. The molecule has 15 nitrogen and oxygen atoms in total. The summed E-state index contributed by atoms with van der Waals surface area (Å²) in [5, 5.41) is 52.8. The van der Waals surface area contributed by atoms with E-state index in [-0.39, 0.29) is 78.4 Å². The summed E-state index contributed by atoms with van der Waals surface area (Å²) in [6, 6.07) is -0.956. The lowest BCUT2D eigenvalue weighted by molar-refractivity contribution is -0.307. The van der Waals surface area contributed by atoms with Crippen LogP contribution in [0.3, 0.4) is 0 Å². The molecule has 1 rings (SSSR count). The summed E-state index contributed by atoms with van der Waals surface area (Å²) >= 11 is 0. The highest BCUT2D eigenvalue weighted by Gasteiger charge is 2.18. The van der Waals surface area contributed by atoms with Gasteiger partial charge in [0, 0.05) is 78.5 Å². The van der Waals surface area contributed by atoms with Crippen molar-refractivity contribution in [3.8, 4) is 0 Å². The average Bonchev–Trinajstić information content (AvgIpc) is 2.79. The predicted molar refractivity (Wildman–Crippen MR) is 125 cm³/mol. The summed E-state index contributed by atoms with van der Waals surface area (Å²) < 4.78 is 0. The monoisotopic (exact) mass is 529 g/mol. The molecule has 0 saturated carbocycles. The fourth-order valence-electron chi connectivity index (χ4n) is 3.81. The minimum atomic E-state index is -1.28. The highest BCUT2D eigenvalue weighted by atomic mass is 16.4. The number of aliphatic carboxylic acids is 4. The molecule has 4 N–H and O–H groups in total. The van der Waals surface area contributed by atoms with E-state index in [0.29, 0.717) is 25.9 Å². The Balaban J connectivity index is 2.83. The fourth-order valence-corrected chi connectivity index (χ4v) is 3.81. The molecule has 0 aromatic heterocycles. The van der Waals surface area contributed by atoms with Gasteiger partial charge in [-0.05, 0) is 25.2 Å². The van der Waals surface area contributed by atoms with Crippen LogP contribution < -0.4 is 21.1 Å². The maximum absolute atomic E-state index is 12.4. The van der Waals surface area contributed by atoms with Crippen LogP contribution >= 0.6 is 0 Å². The maximum atomic E-state index is 12.4. The molecule has 212 valence electrons. The molecule has 1 aliphatic rings. The van der Waals surface area contributed by atoms with Gasteiger partial charge < -0.3 is 45.8 Å². The van der Waals surface area contributed by atoms with Crippen LogP contribution in [0, 0.1) is 0 Å². The van der Waals surface area contributed by atoms with Gasteiger partial charge in [0.25, 0.3) is 0 Å². The van der Waals surface area contributed by atoms with E-state index in [4.69, 9.17) is 10.8 Å². The Morgan fingerprint density at radius 2 is 1.11 bits per heavy atom. The van der Waals surface area contributed by atoms with Crippen molar-refractivity contribution >= 4 is 29.8 Å². The zero-order valence-corrected chi connectivity index (χ0v) is 21.0. The van der Waals surface area contributed by atoms with Crippen LogP contribution in [0.15, 0.2) is 4.99 Å². The lowest BCUT2D eigenvalue weighted by atomic mass is 10.1. The molecule has 1 fully saturated rings. The Morgan fingerprint density at radius 3 is 1.49 bits per heavy atom. The molecule has 1 saturated heterocycles. The summed E-state index contributed by atoms with van der Waals surface area (Å²) in [6.45, 7) is 1.25. The molecule has 1 heterocycles. The third kappa shape index (κ3) is 15.8. The Bertz CT molecular complexity index is 750. The Hall–Kier alpha value is -2.85. The Kier molecular flexibility index (Phi) is 15.3. The van der Waals surface area contributed by atoms with Crippen LogP contribution in [-0.2, 0) is 19.2 Å². The lowest BCUT2D eigenvalue weighted by Crippen LogP contribution is -2.51. The van der Waals surface area contributed by atoms with Crippen LogP contribution in [0.2, 0.25) is 0 Å². The van der Waals surface area contributed by atoms with Gasteiger partial charge in [-0.1, -0.05) is 0 Å². The van der Waals surface area contributed by atoms with E-state index in [1.807, 2.05) is 0 Å². The van der Waals surface area contributed by atoms with Crippen molar-refractivity contribution in [3.05, 3.63) is 0 Å². The number of rotatable bonds is 14. The SMILES string of the molecule is N[C@@H](CCCCN=C([O-])CN1CCN(CC(=O)[O-])CCN(CC(=O)O)CCN(CC(=O)[O-])CC1)C(=O)O. The lowest BCUT2D eigenvalue weighted by Gasteiger charge is -2.34. The Morgan fingerprint density at radius 1 is 0.703 bits per heavy atom. The van der Waals surface area contributed by atoms with E-state index >= 15 is 0 Å². The first-order chi connectivity index (χ1) is 17.5. The highest BCUT2D eigenvalue weighted by Crippen LogP contribution is 2.02. The van der Waals surface area contributed by atoms with Crippen molar-refractivity contribution in [2.24, 2.45) is 10.7 Å². The minimum Gasteiger partial charge on any atom is -0.861 e. The van der Waals surface area contributed by atoms with Gasteiger partial charge in [-0.25, -0.2) is 0 Å². The topological polar surface area (TPSA) is 229 Å². The summed E-state index contributed by atoms with van der Waals surface area (Å²) in [7, 11) is 0. The number of aliphatic imine (C=N–C) groups is 1. The number of hydrogen-bond donors (Lipinski definition) is 3. The number of nitrogens with two attached hydrogens (primary N) is 1. The van der Waals surface area contributed by atoms with E-state index in [1.54, 1.807) is 19.6 Å². The van der Waals surface area contributed by atoms with Crippen LogP contribution in [-0.4, -0.2) is 151 Å². The quantitative estimate of drug-likeness (QED) is 0.108. The van der Waals surface area contributed by atoms with E-state index in [1.165, 1.54) is 0 Å². The number of hydrogen-bond acceptors (Lipinski definition) is 13. The van der Waals surface area contributed by atoms with Crippen molar-refractivity contribution < 1.29 is 44.7 Å². The molecule has 1 atom stereocenters. The van der Waals surface area contributed by atoms with Crippen molar-refractivity contribution in [2.75, 3.05) is 85.1 Å². The number of unbranched alkanes of at least 4 members (excludes halogenated alkanes) is 1. The first-order valence-corrected chi connectivity index (χ1v) is 12.2. The maximum Gasteiger partial charge on any atom is 0.320 e. The van der Waals surface area contributed by atoms with Crippen LogP contribution in [0.4, 0.5) is 0 Å². The normalized spacial score (nSPS) is 19.0. The molecule has 0 radical (unpaired) electrons. The van der Waals surface area contributed by atoms with Gasteiger partial charge in [0.1, 0.15) is 6.04 Å². The fraction of sp³-hybridized carbons (Fsp3) is 0.773. The number of carboxylic acids is 4. The van der Waals surface area contributed by atoms with E-state index in [0.717, 1.165) is 0 Å². The van der Waals surface area contributed by atoms with Crippen LogP contribution in [0.1, 0.15) is 19.3 Å². The third-order valence-corrected chi connectivity index (χ3v) is 5.88. The van der Waals surface area contributed by atoms with Crippen molar-refractivity contribution in [1.29, 1.82) is 0 Å². The van der Waals surface area contributed by atoms with E-state index in [9.17, 15) is 39.6 Å². The number of carbonyl (C=O) groups is 4.